The Morgan fingerprint density at radius 2 is 1.40 bits per heavy atom. The molecular weight excluding hydrogens is 310 g/mol. The zero-order chi connectivity index (χ0) is 16.6. The minimum atomic E-state index is 0.673. The Labute approximate surface area is 144 Å². The maximum atomic E-state index is 4.80. The quantitative estimate of drug-likeness (QED) is 0.544. The van der Waals surface area contributed by atoms with E-state index in [1.165, 1.54) is 0 Å². The number of anilines is 1. The first kappa shape index (κ1) is 13.9. The van der Waals surface area contributed by atoms with Gasteiger partial charge in [-0.1, -0.05) is 24.3 Å². The minimum absolute atomic E-state index is 0.673. The second-order valence-electron chi connectivity index (χ2n) is 5.92. The van der Waals surface area contributed by atoms with Crippen LogP contribution < -0.4 is 5.32 Å². The molecule has 0 spiro atoms. The van der Waals surface area contributed by atoms with E-state index in [0.29, 0.717) is 6.54 Å². The van der Waals surface area contributed by atoms with Crippen molar-refractivity contribution in [2.45, 2.75) is 6.54 Å². The molecule has 3 heterocycles. The van der Waals surface area contributed by atoms with Gasteiger partial charge in [-0.05, 0) is 42.0 Å². The van der Waals surface area contributed by atoms with E-state index in [4.69, 9.17) is 9.97 Å². The number of imidazole rings is 1. The average molecular weight is 325 g/mol. The maximum Gasteiger partial charge on any atom is 0.181 e. The predicted octanol–water partition coefficient (Wildman–Crippen LogP) is 4.04. The van der Waals surface area contributed by atoms with Gasteiger partial charge in [0.1, 0.15) is 0 Å². The van der Waals surface area contributed by atoms with Crippen molar-refractivity contribution in [1.29, 1.82) is 0 Å². The standard InChI is InChI=1S/C20H15N5/c1-3-7-17-15(5-1)23-19(22-13-14-9-11-21-12-10-14)20-24-16-6-2-4-8-18(16)25(17)20/h1-12H,13H2,(H,22,23). The molecule has 5 aromatic rings. The molecule has 5 rings (SSSR count). The number of pyridine rings is 1. The van der Waals surface area contributed by atoms with E-state index in [0.717, 1.165) is 39.1 Å². The number of hydrogen-bond acceptors (Lipinski definition) is 4. The topological polar surface area (TPSA) is 55.1 Å². The monoisotopic (exact) mass is 325 g/mol. The highest BCUT2D eigenvalue weighted by Gasteiger charge is 2.13. The number of nitrogens with one attached hydrogen (secondary N) is 1. The van der Waals surface area contributed by atoms with Crippen molar-refractivity contribution in [2.24, 2.45) is 0 Å². The largest absolute Gasteiger partial charge is 0.363 e. The molecule has 1 N–H and O–H groups in total. The van der Waals surface area contributed by atoms with Gasteiger partial charge >= 0.3 is 0 Å². The number of hydrogen-bond donors (Lipinski definition) is 1. The number of aromatic nitrogens is 4. The zero-order valence-corrected chi connectivity index (χ0v) is 13.4. The summed E-state index contributed by atoms with van der Waals surface area (Å²) in [5, 5.41) is 3.43. The summed E-state index contributed by atoms with van der Waals surface area (Å²) in [6.07, 6.45) is 3.59. The normalized spacial score (nSPS) is 11.4. The molecule has 0 aliphatic carbocycles. The highest BCUT2D eigenvalue weighted by molar-refractivity contribution is 5.92. The third-order valence-electron chi connectivity index (χ3n) is 4.34. The van der Waals surface area contributed by atoms with Gasteiger partial charge in [0.05, 0.1) is 22.1 Å². The van der Waals surface area contributed by atoms with Crippen LogP contribution in [0.4, 0.5) is 5.82 Å². The third kappa shape index (κ3) is 2.29. The van der Waals surface area contributed by atoms with Gasteiger partial charge in [0.25, 0.3) is 0 Å². The Morgan fingerprint density at radius 3 is 2.12 bits per heavy atom. The van der Waals surface area contributed by atoms with E-state index in [-0.39, 0.29) is 0 Å². The number of nitrogens with zero attached hydrogens (tertiary/aromatic N) is 4. The molecule has 0 saturated heterocycles. The molecule has 0 radical (unpaired) electrons. The van der Waals surface area contributed by atoms with E-state index in [1.807, 2.05) is 48.5 Å². The summed E-state index contributed by atoms with van der Waals surface area (Å²) in [6.45, 7) is 0.673. The van der Waals surface area contributed by atoms with Crippen LogP contribution in [0.2, 0.25) is 0 Å². The first-order valence-corrected chi connectivity index (χ1v) is 8.19. The van der Waals surface area contributed by atoms with Gasteiger partial charge in [-0.25, -0.2) is 9.97 Å². The van der Waals surface area contributed by atoms with Crippen molar-refractivity contribution in [2.75, 3.05) is 5.32 Å². The van der Waals surface area contributed by atoms with Crippen LogP contribution in [0.25, 0.3) is 27.7 Å². The summed E-state index contributed by atoms with van der Waals surface area (Å²) in [5.41, 5.74) is 6.04. The Bertz CT molecular complexity index is 1190. The highest BCUT2D eigenvalue weighted by Crippen LogP contribution is 2.26. The first-order chi connectivity index (χ1) is 12.4. The van der Waals surface area contributed by atoms with Gasteiger partial charge in [0.2, 0.25) is 0 Å². The lowest BCUT2D eigenvalue weighted by atomic mass is 10.2. The van der Waals surface area contributed by atoms with Crippen LogP contribution in [-0.4, -0.2) is 19.4 Å². The smallest absolute Gasteiger partial charge is 0.181 e. The van der Waals surface area contributed by atoms with Gasteiger partial charge in [-0.15, -0.1) is 0 Å². The lowest BCUT2D eigenvalue weighted by Gasteiger charge is -2.10. The fourth-order valence-electron chi connectivity index (χ4n) is 3.15. The third-order valence-corrected chi connectivity index (χ3v) is 4.34. The van der Waals surface area contributed by atoms with Crippen LogP contribution in [0.1, 0.15) is 5.56 Å². The number of benzene rings is 2. The van der Waals surface area contributed by atoms with Crippen LogP contribution >= 0.6 is 0 Å². The zero-order valence-electron chi connectivity index (χ0n) is 13.4. The van der Waals surface area contributed by atoms with Gasteiger partial charge < -0.3 is 5.32 Å². The number of para-hydroxylation sites is 4. The molecule has 0 bridgehead atoms. The van der Waals surface area contributed by atoms with E-state index in [9.17, 15) is 0 Å². The van der Waals surface area contributed by atoms with E-state index in [1.54, 1.807) is 12.4 Å². The molecule has 2 aromatic carbocycles. The SMILES string of the molecule is c1ccc2c(c1)nc(NCc1ccncc1)c1nc3ccccc3n12. The fraction of sp³-hybridized carbons (Fsp3) is 0.0500. The van der Waals surface area contributed by atoms with Crippen LogP contribution in [0.15, 0.2) is 73.1 Å². The Kier molecular flexibility index (Phi) is 3.10. The highest BCUT2D eigenvalue weighted by atomic mass is 15.1. The second kappa shape index (κ2) is 5.56. The number of fused-ring (bicyclic) bond motifs is 5. The summed E-state index contributed by atoms with van der Waals surface area (Å²) in [5.74, 6) is 0.784. The van der Waals surface area contributed by atoms with Crippen molar-refractivity contribution < 1.29 is 0 Å². The number of rotatable bonds is 3. The summed E-state index contributed by atoms with van der Waals surface area (Å²) in [6, 6.07) is 20.3. The summed E-state index contributed by atoms with van der Waals surface area (Å²) < 4.78 is 2.17. The van der Waals surface area contributed by atoms with Gasteiger partial charge in [0.15, 0.2) is 11.5 Å². The molecule has 0 fully saturated rings. The van der Waals surface area contributed by atoms with Crippen LogP contribution in [0.5, 0.6) is 0 Å². The van der Waals surface area contributed by atoms with Gasteiger partial charge in [-0.3, -0.25) is 9.38 Å². The molecule has 0 amide bonds. The summed E-state index contributed by atoms with van der Waals surface area (Å²) in [7, 11) is 0. The first-order valence-electron chi connectivity index (χ1n) is 8.19. The molecule has 3 aromatic heterocycles. The van der Waals surface area contributed by atoms with E-state index >= 15 is 0 Å². The van der Waals surface area contributed by atoms with Gasteiger partial charge in [0, 0.05) is 18.9 Å². The molecule has 0 unspecified atom stereocenters. The van der Waals surface area contributed by atoms with Crippen molar-refractivity contribution in [3.05, 3.63) is 78.6 Å². The predicted molar refractivity (Wildman–Crippen MR) is 99.6 cm³/mol. The van der Waals surface area contributed by atoms with Crippen molar-refractivity contribution >= 4 is 33.5 Å². The molecule has 25 heavy (non-hydrogen) atoms. The van der Waals surface area contributed by atoms with Crippen LogP contribution in [-0.2, 0) is 6.54 Å². The van der Waals surface area contributed by atoms with Crippen molar-refractivity contribution in [3.8, 4) is 0 Å². The summed E-state index contributed by atoms with van der Waals surface area (Å²) in [4.78, 5) is 13.7. The molecule has 0 aliphatic heterocycles. The lowest BCUT2D eigenvalue weighted by molar-refractivity contribution is 1.09. The van der Waals surface area contributed by atoms with E-state index < -0.39 is 0 Å². The van der Waals surface area contributed by atoms with E-state index in [2.05, 4.69) is 26.8 Å². The molecule has 120 valence electrons. The Balaban J connectivity index is 1.74. The second-order valence-corrected chi connectivity index (χ2v) is 5.92. The lowest BCUT2D eigenvalue weighted by Crippen LogP contribution is -2.05. The fourth-order valence-corrected chi connectivity index (χ4v) is 3.15. The van der Waals surface area contributed by atoms with Crippen molar-refractivity contribution in [3.63, 3.8) is 0 Å². The molecule has 5 heteroatoms. The molecule has 0 atom stereocenters. The van der Waals surface area contributed by atoms with Crippen LogP contribution in [0.3, 0.4) is 0 Å². The van der Waals surface area contributed by atoms with Gasteiger partial charge in [-0.2, -0.15) is 0 Å². The minimum Gasteiger partial charge on any atom is -0.363 e. The Hall–Kier alpha value is -3.47. The molecule has 0 aliphatic rings. The molecule has 5 nitrogen and oxygen atoms in total. The molecule has 0 saturated carbocycles. The molecular formula is C20H15N5. The summed E-state index contributed by atoms with van der Waals surface area (Å²) >= 11 is 0. The Morgan fingerprint density at radius 1 is 0.760 bits per heavy atom. The maximum absolute atomic E-state index is 4.80. The average Bonchev–Trinajstić information content (AvgIpc) is 3.07. The van der Waals surface area contributed by atoms with Crippen LogP contribution in [0, 0.1) is 0 Å². The van der Waals surface area contributed by atoms with Crippen molar-refractivity contribution in [1.82, 2.24) is 19.4 Å².